The van der Waals surface area contributed by atoms with Crippen molar-refractivity contribution in [1.29, 1.82) is 0 Å². The number of pyridine rings is 1. The van der Waals surface area contributed by atoms with Crippen molar-refractivity contribution in [3.05, 3.63) is 81.6 Å². The highest BCUT2D eigenvalue weighted by Crippen LogP contribution is 2.41. The van der Waals surface area contributed by atoms with Gasteiger partial charge in [0.05, 0.1) is 24.2 Å². The van der Waals surface area contributed by atoms with E-state index in [2.05, 4.69) is 4.98 Å². The Hall–Kier alpha value is -3.39. The lowest BCUT2D eigenvalue weighted by Crippen LogP contribution is -2.42. The van der Waals surface area contributed by atoms with Crippen molar-refractivity contribution in [2.45, 2.75) is 57.0 Å². The number of hydrogen-bond donors (Lipinski definition) is 0. The molecule has 1 aliphatic heterocycles. The number of carbonyl (C=O) groups excluding carboxylic acids is 3. The molecule has 0 spiro atoms. The molecule has 180 valence electrons. The summed E-state index contributed by atoms with van der Waals surface area (Å²) >= 11 is 1.68. The van der Waals surface area contributed by atoms with E-state index < -0.39 is 5.41 Å². The molecule has 2 aliphatic rings. The number of aromatic nitrogens is 2. The monoisotopic (exact) mass is 488 g/mol. The van der Waals surface area contributed by atoms with Crippen LogP contribution in [0.3, 0.4) is 0 Å². The first-order valence-electron chi connectivity index (χ1n) is 12.0. The van der Waals surface area contributed by atoms with E-state index in [9.17, 15) is 14.4 Å². The predicted octanol–water partition coefficient (Wildman–Crippen LogP) is 3.66. The normalized spacial score (nSPS) is 19.6. The molecule has 2 aromatic heterocycles. The summed E-state index contributed by atoms with van der Waals surface area (Å²) in [5, 5.41) is 0.926. The Bertz CT molecular complexity index is 1220. The number of carbonyl (C=O) groups is 3. The number of likely N-dealkylation sites (tertiary alicyclic amines) is 1. The smallest absolute Gasteiger partial charge is 0.241 e. The van der Waals surface area contributed by atoms with Crippen LogP contribution in [-0.2, 0) is 45.7 Å². The van der Waals surface area contributed by atoms with E-state index in [0.717, 1.165) is 29.8 Å². The summed E-state index contributed by atoms with van der Waals surface area (Å²) in [6, 6.07) is 12.8. The number of fused-ring (bicyclic) bond motifs is 1. The third kappa shape index (κ3) is 4.62. The predicted molar refractivity (Wildman–Crippen MR) is 132 cm³/mol. The molecule has 0 saturated carbocycles. The van der Waals surface area contributed by atoms with Gasteiger partial charge in [0.25, 0.3) is 0 Å². The van der Waals surface area contributed by atoms with Gasteiger partial charge in [0.15, 0.2) is 0 Å². The number of amides is 3. The Morgan fingerprint density at radius 3 is 2.57 bits per heavy atom. The number of rotatable bonds is 7. The fourth-order valence-corrected chi connectivity index (χ4v) is 6.22. The van der Waals surface area contributed by atoms with Crippen LogP contribution < -0.4 is 0 Å². The van der Waals surface area contributed by atoms with E-state index in [1.165, 1.54) is 21.9 Å². The molecular formula is C27H28N4O3S. The summed E-state index contributed by atoms with van der Waals surface area (Å²) in [6.07, 6.45) is 7.61. The van der Waals surface area contributed by atoms with Gasteiger partial charge in [-0.2, -0.15) is 0 Å². The van der Waals surface area contributed by atoms with Crippen LogP contribution in [0.15, 0.2) is 54.9 Å². The second-order valence-corrected chi connectivity index (χ2v) is 10.5. The van der Waals surface area contributed by atoms with Crippen molar-refractivity contribution in [3.63, 3.8) is 0 Å². The summed E-state index contributed by atoms with van der Waals surface area (Å²) < 4.78 is 0. The molecule has 0 bridgehead atoms. The maximum absolute atomic E-state index is 13.8. The average Bonchev–Trinajstić information content (AvgIpc) is 3.39. The number of nitrogens with zero attached hydrogens (tertiary/aromatic N) is 4. The summed E-state index contributed by atoms with van der Waals surface area (Å²) in [4.78, 5) is 53.4. The molecule has 1 aromatic carbocycles. The summed E-state index contributed by atoms with van der Waals surface area (Å²) in [5.41, 5.74) is 1.48. The number of hydrogen-bond acceptors (Lipinski definition) is 6. The molecule has 1 aliphatic carbocycles. The Morgan fingerprint density at radius 2 is 1.83 bits per heavy atom. The van der Waals surface area contributed by atoms with E-state index in [1.807, 2.05) is 30.3 Å². The molecule has 0 radical (unpaired) electrons. The highest BCUT2D eigenvalue weighted by atomic mass is 32.1. The Balaban J connectivity index is 1.38. The van der Waals surface area contributed by atoms with Gasteiger partial charge in [-0.15, -0.1) is 11.3 Å². The molecule has 35 heavy (non-hydrogen) atoms. The van der Waals surface area contributed by atoms with Crippen LogP contribution in [0.1, 0.15) is 52.4 Å². The minimum Gasteiger partial charge on any atom is -0.339 e. The zero-order valence-corrected chi connectivity index (χ0v) is 20.6. The van der Waals surface area contributed by atoms with Crippen LogP contribution in [-0.4, -0.2) is 44.5 Å². The lowest BCUT2D eigenvalue weighted by Gasteiger charge is -2.29. The van der Waals surface area contributed by atoms with Gasteiger partial charge in [0.2, 0.25) is 17.7 Å². The van der Waals surface area contributed by atoms with Crippen molar-refractivity contribution < 1.29 is 14.4 Å². The minimum atomic E-state index is -1.21. The second kappa shape index (κ2) is 9.70. The van der Waals surface area contributed by atoms with Crippen LogP contribution in [0.4, 0.5) is 0 Å². The second-order valence-electron chi connectivity index (χ2n) is 9.38. The number of thiazole rings is 1. The minimum absolute atomic E-state index is 0.0218. The number of benzene rings is 1. The van der Waals surface area contributed by atoms with Crippen LogP contribution in [0, 0.1) is 0 Å². The fraction of sp³-hybridized carbons (Fsp3) is 0.370. The maximum Gasteiger partial charge on any atom is 0.241 e. The van der Waals surface area contributed by atoms with Crippen molar-refractivity contribution in [3.8, 4) is 0 Å². The van der Waals surface area contributed by atoms with Gasteiger partial charge in [0, 0.05) is 37.2 Å². The zero-order valence-electron chi connectivity index (χ0n) is 19.8. The highest BCUT2D eigenvalue weighted by molar-refractivity contribution is 7.11. The van der Waals surface area contributed by atoms with Crippen LogP contribution in [0.5, 0.6) is 0 Å². The van der Waals surface area contributed by atoms with E-state index in [1.54, 1.807) is 47.8 Å². The summed E-state index contributed by atoms with van der Waals surface area (Å²) in [5.74, 6) is -0.760. The first-order chi connectivity index (χ1) is 17.0. The molecule has 3 aromatic rings. The van der Waals surface area contributed by atoms with Crippen molar-refractivity contribution in [2.24, 2.45) is 0 Å². The van der Waals surface area contributed by atoms with E-state index in [4.69, 9.17) is 4.98 Å². The fourth-order valence-electron chi connectivity index (χ4n) is 5.01. The third-order valence-corrected chi connectivity index (χ3v) is 8.11. The van der Waals surface area contributed by atoms with Crippen molar-refractivity contribution >= 4 is 29.1 Å². The first kappa shape index (κ1) is 23.4. The van der Waals surface area contributed by atoms with Gasteiger partial charge in [-0.05, 0) is 48.9 Å². The molecular weight excluding hydrogens is 460 g/mol. The molecule has 5 rings (SSSR count). The maximum atomic E-state index is 13.8. The molecule has 1 fully saturated rings. The van der Waals surface area contributed by atoms with Gasteiger partial charge in [-0.25, -0.2) is 4.98 Å². The first-order valence-corrected chi connectivity index (χ1v) is 12.8. The van der Waals surface area contributed by atoms with Gasteiger partial charge in [-0.3, -0.25) is 24.3 Å². The molecule has 3 heterocycles. The lowest BCUT2D eigenvalue weighted by atomic mass is 9.75. The molecule has 8 heteroatoms. The topological polar surface area (TPSA) is 83.5 Å². The average molecular weight is 489 g/mol. The van der Waals surface area contributed by atoms with Gasteiger partial charge < -0.3 is 4.90 Å². The molecule has 7 nitrogen and oxygen atoms in total. The van der Waals surface area contributed by atoms with Crippen LogP contribution in [0.25, 0.3) is 0 Å². The quantitative estimate of drug-likeness (QED) is 0.474. The Labute approximate surface area is 208 Å². The van der Waals surface area contributed by atoms with E-state index in [-0.39, 0.29) is 37.1 Å². The number of aryl methyl sites for hydroxylation is 2. The number of imide groups is 1. The standard InChI is InChI=1S/C27H28N4O3S/c1-30(18-23-29-21-9-5-6-10-22(21)35-23)24(32)15-27(20-7-3-2-4-8-20)16-25(33)31(26(27)34)17-19-11-13-28-14-12-19/h2-4,7-8,11-14H,5-6,9-10,15-18H2,1H3/t27-/m1/s1. The van der Waals surface area contributed by atoms with Crippen LogP contribution >= 0.6 is 11.3 Å². The van der Waals surface area contributed by atoms with Gasteiger partial charge in [0.1, 0.15) is 5.01 Å². The largest absolute Gasteiger partial charge is 0.339 e. The Morgan fingerprint density at radius 1 is 1.09 bits per heavy atom. The highest BCUT2D eigenvalue weighted by Gasteiger charge is 2.53. The van der Waals surface area contributed by atoms with Gasteiger partial charge >= 0.3 is 0 Å². The Kier molecular flexibility index (Phi) is 6.47. The van der Waals surface area contributed by atoms with Crippen LogP contribution in [0.2, 0.25) is 0 Å². The lowest BCUT2D eigenvalue weighted by molar-refractivity contribution is -0.143. The molecule has 1 atom stereocenters. The van der Waals surface area contributed by atoms with E-state index >= 15 is 0 Å². The molecule has 0 N–H and O–H groups in total. The third-order valence-electron chi connectivity index (χ3n) is 6.97. The molecule has 3 amide bonds. The zero-order chi connectivity index (χ0) is 24.4. The SMILES string of the molecule is CN(Cc1nc2c(s1)CCCC2)C(=O)C[C@]1(c2ccccc2)CC(=O)N(Cc2ccncc2)C1=O. The summed E-state index contributed by atoms with van der Waals surface area (Å²) in [7, 11) is 1.75. The van der Waals surface area contributed by atoms with Crippen molar-refractivity contribution in [1.82, 2.24) is 19.8 Å². The van der Waals surface area contributed by atoms with Gasteiger partial charge in [-0.1, -0.05) is 30.3 Å². The molecule has 0 unspecified atom stereocenters. The van der Waals surface area contributed by atoms with Crippen molar-refractivity contribution in [2.75, 3.05) is 7.05 Å². The summed E-state index contributed by atoms with van der Waals surface area (Å²) in [6.45, 7) is 0.577. The van der Waals surface area contributed by atoms with E-state index in [0.29, 0.717) is 12.1 Å². The molecule has 1 saturated heterocycles.